The Morgan fingerprint density at radius 2 is 2.36 bits per heavy atom. The van der Waals surface area contributed by atoms with Crippen LogP contribution in [-0.2, 0) is 9.53 Å². The second kappa shape index (κ2) is 4.93. The number of benzene rings is 1. The third-order valence-corrected chi connectivity index (χ3v) is 1.47. The molecule has 0 aromatic heterocycles. The Bertz CT molecular complexity index is 388. The van der Waals surface area contributed by atoms with Crippen molar-refractivity contribution in [3.63, 3.8) is 0 Å². The van der Waals surface area contributed by atoms with Gasteiger partial charge in [0.2, 0.25) is 0 Å². The Morgan fingerprint density at radius 3 is 3.00 bits per heavy atom. The van der Waals surface area contributed by atoms with Crippen molar-refractivity contribution in [2.75, 3.05) is 12.3 Å². The zero-order valence-corrected chi connectivity index (χ0v) is 7.91. The van der Waals surface area contributed by atoms with Gasteiger partial charge in [-0.3, -0.25) is 4.79 Å². The molecule has 3 heteroatoms. The summed E-state index contributed by atoms with van der Waals surface area (Å²) in [4.78, 5) is 10.4. The van der Waals surface area contributed by atoms with Crippen LogP contribution >= 0.6 is 0 Å². The van der Waals surface area contributed by atoms with Gasteiger partial charge in [0.1, 0.15) is 0 Å². The summed E-state index contributed by atoms with van der Waals surface area (Å²) < 4.78 is 4.65. The van der Waals surface area contributed by atoms with Gasteiger partial charge in [-0.25, -0.2) is 0 Å². The van der Waals surface area contributed by atoms with Crippen LogP contribution in [0.2, 0.25) is 0 Å². The van der Waals surface area contributed by atoms with Gasteiger partial charge in [-0.1, -0.05) is 17.9 Å². The average molecular weight is 189 g/mol. The largest absolute Gasteiger partial charge is 0.453 e. The lowest BCUT2D eigenvalue weighted by Gasteiger charge is -1.93. The lowest BCUT2D eigenvalue weighted by molar-refractivity contribution is -0.139. The summed E-state index contributed by atoms with van der Waals surface area (Å²) in [7, 11) is 0. The monoisotopic (exact) mass is 189 g/mol. The van der Waals surface area contributed by atoms with Crippen molar-refractivity contribution < 1.29 is 9.53 Å². The summed E-state index contributed by atoms with van der Waals surface area (Å²) in [6, 6.07) is 7.22. The fourth-order valence-corrected chi connectivity index (χ4v) is 0.892. The molecule has 1 aromatic carbocycles. The number of carbonyl (C=O) groups is 1. The highest BCUT2D eigenvalue weighted by Crippen LogP contribution is 2.04. The number of anilines is 1. The smallest absolute Gasteiger partial charge is 0.303 e. The number of nitrogens with two attached hydrogens (primary N) is 1. The average Bonchev–Trinajstić information content (AvgIpc) is 2.12. The first-order valence-electron chi connectivity index (χ1n) is 4.16. The van der Waals surface area contributed by atoms with Crippen molar-refractivity contribution in [2.45, 2.75) is 6.92 Å². The normalized spacial score (nSPS) is 8.64. The number of esters is 1. The van der Waals surface area contributed by atoms with E-state index in [4.69, 9.17) is 5.73 Å². The zero-order chi connectivity index (χ0) is 10.4. The van der Waals surface area contributed by atoms with Crippen molar-refractivity contribution in [2.24, 2.45) is 0 Å². The Kier molecular flexibility index (Phi) is 3.57. The molecule has 0 radical (unpaired) electrons. The summed E-state index contributed by atoms with van der Waals surface area (Å²) in [5.74, 6) is 5.22. The van der Waals surface area contributed by atoms with Crippen LogP contribution in [0.4, 0.5) is 5.69 Å². The number of nitrogen functional groups attached to an aromatic ring is 1. The molecule has 0 atom stereocenters. The third kappa shape index (κ3) is 3.63. The fraction of sp³-hybridized carbons (Fsp3) is 0.182. The molecule has 0 aliphatic heterocycles. The van der Waals surface area contributed by atoms with Crippen LogP contribution in [0, 0.1) is 11.8 Å². The van der Waals surface area contributed by atoms with Gasteiger partial charge in [0.05, 0.1) is 0 Å². The molecule has 0 unspecified atom stereocenters. The van der Waals surface area contributed by atoms with Crippen LogP contribution in [0.1, 0.15) is 12.5 Å². The van der Waals surface area contributed by atoms with Crippen molar-refractivity contribution >= 4 is 11.7 Å². The molecule has 0 fully saturated rings. The van der Waals surface area contributed by atoms with E-state index in [1.807, 2.05) is 12.1 Å². The van der Waals surface area contributed by atoms with Gasteiger partial charge in [-0.15, -0.1) is 0 Å². The minimum Gasteiger partial charge on any atom is -0.453 e. The number of hydrogen-bond donors (Lipinski definition) is 1. The van der Waals surface area contributed by atoms with Crippen molar-refractivity contribution in [1.82, 2.24) is 0 Å². The number of carbonyl (C=O) groups excluding carboxylic acids is 1. The molecule has 0 aliphatic carbocycles. The van der Waals surface area contributed by atoms with Gasteiger partial charge >= 0.3 is 5.97 Å². The molecule has 2 N–H and O–H groups in total. The molecule has 1 aromatic rings. The Labute approximate surface area is 82.9 Å². The first-order valence-corrected chi connectivity index (χ1v) is 4.16. The van der Waals surface area contributed by atoms with E-state index in [-0.39, 0.29) is 12.6 Å². The molecule has 0 bridgehead atoms. The number of hydrogen-bond acceptors (Lipinski definition) is 3. The molecular formula is C11H11NO2. The second-order valence-corrected chi connectivity index (χ2v) is 2.71. The molecular weight excluding hydrogens is 178 g/mol. The van der Waals surface area contributed by atoms with E-state index in [1.165, 1.54) is 6.92 Å². The Morgan fingerprint density at radius 1 is 1.57 bits per heavy atom. The topological polar surface area (TPSA) is 52.3 Å². The van der Waals surface area contributed by atoms with Crippen LogP contribution in [-0.4, -0.2) is 12.6 Å². The zero-order valence-electron chi connectivity index (χ0n) is 7.91. The van der Waals surface area contributed by atoms with Crippen molar-refractivity contribution in [1.29, 1.82) is 0 Å². The van der Waals surface area contributed by atoms with E-state index in [0.717, 1.165) is 5.56 Å². The molecule has 72 valence electrons. The fourth-order valence-electron chi connectivity index (χ4n) is 0.892. The highest BCUT2D eigenvalue weighted by molar-refractivity contribution is 5.66. The number of ether oxygens (including phenoxy) is 1. The van der Waals surface area contributed by atoms with E-state index >= 15 is 0 Å². The van der Waals surface area contributed by atoms with Gasteiger partial charge in [-0.2, -0.15) is 0 Å². The number of rotatable bonds is 1. The summed E-state index contributed by atoms with van der Waals surface area (Å²) in [5, 5.41) is 0. The van der Waals surface area contributed by atoms with Gasteiger partial charge in [0, 0.05) is 18.2 Å². The molecule has 0 amide bonds. The summed E-state index contributed by atoms with van der Waals surface area (Å²) in [6.45, 7) is 1.46. The highest BCUT2D eigenvalue weighted by Gasteiger charge is 1.88. The molecule has 0 spiro atoms. The minimum atomic E-state index is -0.327. The maximum absolute atomic E-state index is 10.4. The first kappa shape index (κ1) is 10.1. The SMILES string of the molecule is CC(=O)OCC#Cc1cccc(N)c1. The summed E-state index contributed by atoms with van der Waals surface area (Å²) >= 11 is 0. The van der Waals surface area contributed by atoms with Gasteiger partial charge < -0.3 is 10.5 Å². The van der Waals surface area contributed by atoms with E-state index in [2.05, 4.69) is 16.6 Å². The van der Waals surface area contributed by atoms with Crippen LogP contribution < -0.4 is 5.73 Å². The molecule has 1 rings (SSSR count). The van der Waals surface area contributed by atoms with Gasteiger partial charge in [0.15, 0.2) is 6.61 Å². The maximum atomic E-state index is 10.4. The van der Waals surface area contributed by atoms with E-state index < -0.39 is 0 Å². The van der Waals surface area contributed by atoms with E-state index in [1.54, 1.807) is 12.1 Å². The van der Waals surface area contributed by atoms with Crippen LogP contribution in [0.3, 0.4) is 0 Å². The second-order valence-electron chi connectivity index (χ2n) is 2.71. The highest BCUT2D eigenvalue weighted by atomic mass is 16.5. The van der Waals surface area contributed by atoms with E-state index in [0.29, 0.717) is 5.69 Å². The molecule has 0 aliphatic rings. The summed E-state index contributed by atoms with van der Waals surface area (Å²) in [5.41, 5.74) is 7.05. The Balaban J connectivity index is 2.55. The Hall–Kier alpha value is -1.95. The molecule has 0 saturated carbocycles. The van der Waals surface area contributed by atoms with E-state index in [9.17, 15) is 4.79 Å². The van der Waals surface area contributed by atoms with Crippen molar-refractivity contribution in [3.05, 3.63) is 29.8 Å². The predicted octanol–water partition coefficient (Wildman–Crippen LogP) is 1.18. The van der Waals surface area contributed by atoms with Crippen molar-refractivity contribution in [3.8, 4) is 11.8 Å². The maximum Gasteiger partial charge on any atom is 0.303 e. The summed E-state index contributed by atoms with van der Waals surface area (Å²) in [6.07, 6.45) is 0. The molecule has 3 nitrogen and oxygen atoms in total. The van der Waals surface area contributed by atoms with Crippen LogP contribution in [0.25, 0.3) is 0 Å². The minimum absolute atomic E-state index is 0.115. The first-order chi connectivity index (χ1) is 6.68. The van der Waals surface area contributed by atoms with Gasteiger partial charge in [-0.05, 0) is 18.2 Å². The third-order valence-electron chi connectivity index (χ3n) is 1.47. The lowest BCUT2D eigenvalue weighted by Crippen LogP contribution is -1.97. The lowest BCUT2D eigenvalue weighted by atomic mass is 10.2. The van der Waals surface area contributed by atoms with Crippen LogP contribution in [0.5, 0.6) is 0 Å². The quantitative estimate of drug-likeness (QED) is 0.410. The van der Waals surface area contributed by atoms with Gasteiger partial charge in [0.25, 0.3) is 0 Å². The standard InChI is InChI=1S/C11H11NO2/c1-9(13)14-7-3-5-10-4-2-6-11(12)8-10/h2,4,6,8H,7,12H2,1H3. The van der Waals surface area contributed by atoms with Crippen LogP contribution in [0.15, 0.2) is 24.3 Å². The molecule has 14 heavy (non-hydrogen) atoms. The molecule has 0 heterocycles. The predicted molar refractivity (Wildman–Crippen MR) is 54.4 cm³/mol. The molecule has 0 saturated heterocycles.